The molecular weight excluding hydrogens is 114 g/mol. The fraction of sp³-hybridized carbons (Fsp3) is 0.833. The van der Waals surface area contributed by atoms with Crippen molar-refractivity contribution in [3.05, 3.63) is 0 Å². The Bertz CT molecular complexity index is 96.5. The lowest BCUT2D eigenvalue weighted by molar-refractivity contribution is 0.739. The second-order valence-electron chi connectivity index (χ2n) is 2.27. The highest BCUT2D eigenvalue weighted by Crippen LogP contribution is 1.93. The summed E-state index contributed by atoms with van der Waals surface area (Å²) < 4.78 is 0. The first-order valence-electron chi connectivity index (χ1n) is 3.15. The lowest BCUT2D eigenvalue weighted by Gasteiger charge is -2.02. The molecule has 0 atom stereocenters. The van der Waals surface area contributed by atoms with Crippen LogP contribution in [0.3, 0.4) is 0 Å². The highest BCUT2D eigenvalue weighted by Gasteiger charge is 1.94. The quantitative estimate of drug-likeness (QED) is 0.331. The molecule has 0 rings (SSSR count). The fourth-order valence-electron chi connectivity index (χ4n) is 0.299. The van der Waals surface area contributed by atoms with Crippen molar-refractivity contribution >= 4 is 5.71 Å². The highest BCUT2D eigenvalue weighted by atomic mass is 15.3. The second kappa shape index (κ2) is 4.32. The van der Waals surface area contributed by atoms with E-state index in [2.05, 4.69) is 24.4 Å². The van der Waals surface area contributed by atoms with E-state index in [4.69, 9.17) is 5.73 Å². The van der Waals surface area contributed by atoms with Gasteiger partial charge >= 0.3 is 0 Å². The fourth-order valence-corrected chi connectivity index (χ4v) is 0.299. The molecule has 0 spiro atoms. The van der Waals surface area contributed by atoms with Crippen LogP contribution in [0, 0.1) is 5.92 Å². The molecular formula is C6H15N3. The van der Waals surface area contributed by atoms with E-state index in [1.807, 2.05) is 6.92 Å². The number of rotatable bonds is 3. The molecule has 0 radical (unpaired) electrons. The van der Waals surface area contributed by atoms with E-state index in [-0.39, 0.29) is 0 Å². The Balaban J connectivity index is 3.55. The normalized spacial score (nSPS) is 12.3. The van der Waals surface area contributed by atoms with Crippen molar-refractivity contribution in [2.24, 2.45) is 16.8 Å². The Morgan fingerprint density at radius 3 is 2.56 bits per heavy atom. The van der Waals surface area contributed by atoms with Crippen LogP contribution >= 0.6 is 0 Å². The Kier molecular flexibility index (Phi) is 4.05. The molecule has 0 aliphatic heterocycles. The van der Waals surface area contributed by atoms with Crippen LogP contribution in [-0.2, 0) is 0 Å². The maximum atomic E-state index is 5.16. The van der Waals surface area contributed by atoms with Gasteiger partial charge in [0.25, 0.3) is 0 Å². The average Bonchev–Trinajstić information content (AvgIpc) is 1.82. The molecule has 0 saturated heterocycles. The number of hydrazone groups is 1. The molecule has 0 aromatic carbocycles. The minimum Gasteiger partial charge on any atom is -0.313 e. The van der Waals surface area contributed by atoms with Crippen molar-refractivity contribution in [3.63, 3.8) is 0 Å². The van der Waals surface area contributed by atoms with Gasteiger partial charge in [0, 0.05) is 5.71 Å². The van der Waals surface area contributed by atoms with Crippen LogP contribution in [0.4, 0.5) is 0 Å². The zero-order chi connectivity index (χ0) is 7.28. The summed E-state index contributed by atoms with van der Waals surface area (Å²) in [7, 11) is 0. The van der Waals surface area contributed by atoms with Gasteiger partial charge in [0.2, 0.25) is 0 Å². The smallest absolute Gasteiger partial charge is 0.0798 e. The summed E-state index contributed by atoms with van der Waals surface area (Å²) in [4.78, 5) is 0. The van der Waals surface area contributed by atoms with E-state index in [0.717, 1.165) is 5.71 Å². The van der Waals surface area contributed by atoms with Crippen molar-refractivity contribution in [2.45, 2.75) is 20.8 Å². The Hall–Kier alpha value is -0.570. The molecule has 0 aromatic rings. The van der Waals surface area contributed by atoms with E-state index in [9.17, 15) is 0 Å². The van der Waals surface area contributed by atoms with E-state index >= 15 is 0 Å². The van der Waals surface area contributed by atoms with Crippen LogP contribution in [0.1, 0.15) is 20.8 Å². The average molecular weight is 129 g/mol. The molecule has 0 unspecified atom stereocenters. The molecule has 0 bridgehead atoms. The number of nitrogens with zero attached hydrogens (tertiary/aromatic N) is 1. The zero-order valence-corrected chi connectivity index (χ0v) is 6.31. The summed E-state index contributed by atoms with van der Waals surface area (Å²) in [6.45, 7) is 6.57. The third-order valence-corrected chi connectivity index (χ3v) is 1.18. The first-order chi connectivity index (χ1) is 4.18. The number of hydrogen-bond donors (Lipinski definition) is 2. The van der Waals surface area contributed by atoms with E-state index in [1.54, 1.807) is 0 Å². The van der Waals surface area contributed by atoms with E-state index in [1.165, 1.54) is 0 Å². The molecule has 3 N–H and O–H groups in total. The molecule has 9 heavy (non-hydrogen) atoms. The van der Waals surface area contributed by atoms with Crippen molar-refractivity contribution in [2.75, 3.05) is 6.67 Å². The molecule has 0 fully saturated rings. The monoisotopic (exact) mass is 129 g/mol. The van der Waals surface area contributed by atoms with Crippen LogP contribution in [-0.4, -0.2) is 12.4 Å². The molecule has 0 aromatic heterocycles. The molecule has 0 saturated carbocycles. The number of nitrogens with one attached hydrogen (secondary N) is 1. The first-order valence-corrected chi connectivity index (χ1v) is 3.15. The summed E-state index contributed by atoms with van der Waals surface area (Å²) in [5.41, 5.74) is 8.94. The van der Waals surface area contributed by atoms with Crippen molar-refractivity contribution in [1.82, 2.24) is 5.43 Å². The zero-order valence-electron chi connectivity index (χ0n) is 6.31. The Morgan fingerprint density at radius 2 is 2.22 bits per heavy atom. The second-order valence-corrected chi connectivity index (χ2v) is 2.27. The maximum Gasteiger partial charge on any atom is 0.0798 e. The third-order valence-electron chi connectivity index (χ3n) is 1.18. The van der Waals surface area contributed by atoms with E-state index in [0.29, 0.717) is 12.6 Å². The lowest BCUT2D eigenvalue weighted by Crippen LogP contribution is -2.19. The van der Waals surface area contributed by atoms with Gasteiger partial charge in [-0.2, -0.15) is 5.10 Å². The molecule has 0 heterocycles. The summed E-state index contributed by atoms with van der Waals surface area (Å²) in [6.07, 6.45) is 0. The van der Waals surface area contributed by atoms with Crippen molar-refractivity contribution in [1.29, 1.82) is 0 Å². The highest BCUT2D eigenvalue weighted by molar-refractivity contribution is 5.83. The Labute approximate surface area is 56.3 Å². The van der Waals surface area contributed by atoms with Crippen LogP contribution < -0.4 is 11.2 Å². The van der Waals surface area contributed by atoms with Gasteiger partial charge in [0.05, 0.1) is 6.67 Å². The third kappa shape index (κ3) is 3.97. The van der Waals surface area contributed by atoms with Gasteiger partial charge in [0.15, 0.2) is 0 Å². The van der Waals surface area contributed by atoms with E-state index < -0.39 is 0 Å². The minimum atomic E-state index is 0.407. The standard InChI is InChI=1S/C6H15N3/c1-5(2)6(3)9-8-4-7/h5,8H,4,7H2,1-3H3/b9-6+. The number of hydrogen-bond acceptors (Lipinski definition) is 3. The molecule has 0 amide bonds. The Morgan fingerprint density at radius 1 is 1.67 bits per heavy atom. The summed E-state index contributed by atoms with van der Waals surface area (Å²) >= 11 is 0. The van der Waals surface area contributed by atoms with Gasteiger partial charge in [-0.15, -0.1) is 0 Å². The van der Waals surface area contributed by atoms with Gasteiger partial charge in [-0.25, -0.2) is 0 Å². The van der Waals surface area contributed by atoms with Gasteiger partial charge in [-0.05, 0) is 12.8 Å². The van der Waals surface area contributed by atoms with Crippen LogP contribution in [0.25, 0.3) is 0 Å². The summed E-state index contributed by atoms with van der Waals surface area (Å²) in [6, 6.07) is 0. The minimum absolute atomic E-state index is 0.407. The summed E-state index contributed by atoms with van der Waals surface area (Å²) in [5, 5.41) is 3.98. The van der Waals surface area contributed by atoms with Crippen LogP contribution in [0.2, 0.25) is 0 Å². The lowest BCUT2D eigenvalue weighted by atomic mass is 10.1. The SMILES string of the molecule is C/C(=N\NCN)C(C)C. The predicted octanol–water partition coefficient (Wildman–Crippen LogP) is 0.524. The molecule has 3 heteroatoms. The predicted molar refractivity (Wildman–Crippen MR) is 40.1 cm³/mol. The van der Waals surface area contributed by atoms with Crippen molar-refractivity contribution < 1.29 is 0 Å². The van der Waals surface area contributed by atoms with Gasteiger partial charge < -0.3 is 5.73 Å². The molecule has 0 aliphatic carbocycles. The van der Waals surface area contributed by atoms with Crippen LogP contribution in [0.15, 0.2) is 5.10 Å². The molecule has 3 nitrogen and oxygen atoms in total. The molecule has 0 aliphatic rings. The number of nitrogens with two attached hydrogens (primary N) is 1. The van der Waals surface area contributed by atoms with Gasteiger partial charge in [-0.3, -0.25) is 5.43 Å². The topological polar surface area (TPSA) is 50.4 Å². The van der Waals surface area contributed by atoms with Gasteiger partial charge in [0.1, 0.15) is 0 Å². The largest absolute Gasteiger partial charge is 0.313 e. The van der Waals surface area contributed by atoms with Crippen molar-refractivity contribution in [3.8, 4) is 0 Å². The first kappa shape index (κ1) is 8.43. The summed E-state index contributed by atoms with van der Waals surface area (Å²) in [5.74, 6) is 0.504. The maximum absolute atomic E-state index is 5.16. The molecule has 54 valence electrons. The van der Waals surface area contributed by atoms with Crippen LogP contribution in [0.5, 0.6) is 0 Å². The van der Waals surface area contributed by atoms with Gasteiger partial charge in [-0.1, -0.05) is 13.8 Å².